The van der Waals surface area contributed by atoms with Crippen molar-refractivity contribution in [1.82, 2.24) is 4.98 Å². The van der Waals surface area contributed by atoms with Gasteiger partial charge in [-0.05, 0) is 31.2 Å². The number of hydrogen-bond donors (Lipinski definition) is 1. The molecule has 20 heavy (non-hydrogen) atoms. The van der Waals surface area contributed by atoms with Gasteiger partial charge in [0.1, 0.15) is 0 Å². The van der Waals surface area contributed by atoms with Crippen molar-refractivity contribution in [2.24, 2.45) is 5.73 Å². The fraction of sp³-hybridized carbons (Fsp3) is 0.438. The summed E-state index contributed by atoms with van der Waals surface area (Å²) in [7, 11) is 2.12. The summed E-state index contributed by atoms with van der Waals surface area (Å²) in [5, 5.41) is 1.11. The zero-order valence-electron chi connectivity index (χ0n) is 11.9. The lowest BCUT2D eigenvalue weighted by molar-refractivity contribution is 0.573. The van der Waals surface area contributed by atoms with E-state index in [0.29, 0.717) is 0 Å². The summed E-state index contributed by atoms with van der Waals surface area (Å²) in [5.41, 5.74) is 8.78. The van der Waals surface area contributed by atoms with Crippen molar-refractivity contribution in [3.05, 3.63) is 46.5 Å². The van der Waals surface area contributed by atoms with Gasteiger partial charge in [-0.3, -0.25) is 0 Å². The van der Waals surface area contributed by atoms with Crippen LogP contribution in [0.4, 0.5) is 5.13 Å². The number of nitrogens with two attached hydrogens (primary N) is 1. The van der Waals surface area contributed by atoms with E-state index >= 15 is 0 Å². The summed E-state index contributed by atoms with van der Waals surface area (Å²) in [6.45, 7) is 0.992. The number of thiazole rings is 1. The van der Waals surface area contributed by atoms with Gasteiger partial charge in [-0.2, -0.15) is 0 Å². The van der Waals surface area contributed by atoms with Crippen LogP contribution in [0, 0.1) is 0 Å². The van der Waals surface area contributed by atoms with Gasteiger partial charge >= 0.3 is 0 Å². The molecule has 106 valence electrons. The average Bonchev–Trinajstić information content (AvgIpc) is 2.91. The molecule has 3 rings (SSSR count). The Bertz CT molecular complexity index is 564. The molecule has 0 spiro atoms. The topological polar surface area (TPSA) is 42.2 Å². The molecule has 0 fully saturated rings. The Morgan fingerprint density at radius 3 is 2.90 bits per heavy atom. The van der Waals surface area contributed by atoms with Crippen molar-refractivity contribution in [3.63, 3.8) is 0 Å². The second-order valence-electron chi connectivity index (χ2n) is 5.46. The number of nitrogens with zero attached hydrogens (tertiary/aromatic N) is 2. The first kappa shape index (κ1) is 13.6. The predicted octanol–water partition coefficient (Wildman–Crippen LogP) is 3.16. The van der Waals surface area contributed by atoms with E-state index in [1.165, 1.54) is 22.6 Å². The highest BCUT2D eigenvalue weighted by atomic mass is 32.1. The number of benzene rings is 1. The maximum atomic E-state index is 6.18. The molecule has 0 saturated carbocycles. The molecule has 0 amide bonds. The summed E-state index contributed by atoms with van der Waals surface area (Å²) in [4.78, 5) is 8.33. The molecule has 0 aliphatic heterocycles. The highest BCUT2D eigenvalue weighted by Gasteiger charge is 2.22. The smallest absolute Gasteiger partial charge is 0.185 e. The molecule has 0 radical (unpaired) electrons. The zero-order chi connectivity index (χ0) is 13.9. The Morgan fingerprint density at radius 1 is 1.35 bits per heavy atom. The molecular weight excluding hydrogens is 266 g/mol. The van der Waals surface area contributed by atoms with Crippen molar-refractivity contribution in [3.8, 4) is 0 Å². The lowest BCUT2D eigenvalue weighted by Crippen LogP contribution is -2.20. The van der Waals surface area contributed by atoms with E-state index in [-0.39, 0.29) is 6.04 Å². The second kappa shape index (κ2) is 5.94. The van der Waals surface area contributed by atoms with Crippen LogP contribution in [0.1, 0.15) is 35.0 Å². The minimum absolute atomic E-state index is 0.201. The Hall–Kier alpha value is -1.39. The highest BCUT2D eigenvalue weighted by Crippen LogP contribution is 2.35. The summed E-state index contributed by atoms with van der Waals surface area (Å²) >= 11 is 1.78. The van der Waals surface area contributed by atoms with E-state index in [1.807, 2.05) is 0 Å². The molecular formula is C16H21N3S. The second-order valence-corrected chi connectivity index (χ2v) is 6.47. The molecule has 1 heterocycles. The minimum Gasteiger partial charge on any atom is -0.351 e. The largest absolute Gasteiger partial charge is 0.351 e. The summed E-state index contributed by atoms with van der Waals surface area (Å²) in [5.74, 6) is 0. The van der Waals surface area contributed by atoms with Crippen molar-refractivity contribution < 1.29 is 0 Å². The standard InChI is InChI=1S/C16H21N3S/c1-19(11-10-12-6-3-2-4-7-12)16-18-14-9-5-8-13(17)15(14)20-16/h2-4,6-7,13H,5,8-11,17H2,1H3. The Labute approximate surface area is 124 Å². The van der Waals surface area contributed by atoms with E-state index in [4.69, 9.17) is 10.7 Å². The maximum Gasteiger partial charge on any atom is 0.185 e. The number of aryl methyl sites for hydroxylation is 1. The van der Waals surface area contributed by atoms with Crippen LogP contribution in [0.15, 0.2) is 30.3 Å². The normalized spacial score (nSPS) is 17.8. The van der Waals surface area contributed by atoms with Gasteiger partial charge in [0.2, 0.25) is 0 Å². The van der Waals surface area contributed by atoms with Crippen molar-refractivity contribution in [1.29, 1.82) is 0 Å². The number of aromatic nitrogens is 1. The molecule has 2 N–H and O–H groups in total. The summed E-state index contributed by atoms with van der Waals surface area (Å²) in [6, 6.07) is 10.8. The van der Waals surface area contributed by atoms with E-state index in [2.05, 4.69) is 42.3 Å². The SMILES string of the molecule is CN(CCc1ccccc1)c1nc2c(s1)C(N)CCC2. The van der Waals surface area contributed by atoms with Gasteiger partial charge in [-0.1, -0.05) is 30.3 Å². The first-order valence-electron chi connectivity index (χ1n) is 7.24. The van der Waals surface area contributed by atoms with Crippen LogP contribution >= 0.6 is 11.3 Å². The molecule has 0 bridgehead atoms. The lowest BCUT2D eigenvalue weighted by atomic mass is 9.99. The number of fused-ring (bicyclic) bond motifs is 1. The van der Waals surface area contributed by atoms with E-state index in [0.717, 1.165) is 30.9 Å². The highest BCUT2D eigenvalue weighted by molar-refractivity contribution is 7.15. The van der Waals surface area contributed by atoms with Crippen molar-refractivity contribution >= 4 is 16.5 Å². The molecule has 1 unspecified atom stereocenters. The van der Waals surface area contributed by atoms with Gasteiger partial charge in [-0.15, -0.1) is 11.3 Å². The molecule has 1 aliphatic rings. The Morgan fingerprint density at radius 2 is 2.15 bits per heavy atom. The third-order valence-electron chi connectivity index (χ3n) is 3.89. The average molecular weight is 287 g/mol. The number of rotatable bonds is 4. The van der Waals surface area contributed by atoms with Gasteiger partial charge in [0.15, 0.2) is 5.13 Å². The minimum atomic E-state index is 0.201. The van der Waals surface area contributed by atoms with Crippen LogP contribution in [0.2, 0.25) is 0 Å². The zero-order valence-corrected chi connectivity index (χ0v) is 12.7. The molecule has 0 saturated heterocycles. The first-order valence-corrected chi connectivity index (χ1v) is 8.06. The Balaban J connectivity index is 1.67. The maximum absolute atomic E-state index is 6.18. The number of hydrogen-bond acceptors (Lipinski definition) is 4. The molecule has 2 aromatic rings. The van der Waals surface area contributed by atoms with Crippen LogP contribution in [0.5, 0.6) is 0 Å². The van der Waals surface area contributed by atoms with Gasteiger partial charge in [-0.25, -0.2) is 4.98 Å². The lowest BCUT2D eigenvalue weighted by Gasteiger charge is -2.16. The monoisotopic (exact) mass is 287 g/mol. The van der Waals surface area contributed by atoms with Crippen LogP contribution < -0.4 is 10.6 Å². The molecule has 1 aromatic heterocycles. The summed E-state index contributed by atoms with van der Waals surface area (Å²) < 4.78 is 0. The molecule has 1 aliphatic carbocycles. The van der Waals surface area contributed by atoms with Gasteiger partial charge in [0.05, 0.1) is 5.69 Å². The summed E-state index contributed by atoms with van der Waals surface area (Å²) in [6.07, 6.45) is 4.41. The van der Waals surface area contributed by atoms with Gasteiger partial charge in [0.25, 0.3) is 0 Å². The van der Waals surface area contributed by atoms with E-state index in [1.54, 1.807) is 11.3 Å². The van der Waals surface area contributed by atoms with Gasteiger partial charge in [0, 0.05) is 24.5 Å². The van der Waals surface area contributed by atoms with Crippen molar-refractivity contribution in [2.45, 2.75) is 31.7 Å². The molecule has 1 atom stereocenters. The van der Waals surface area contributed by atoms with Gasteiger partial charge < -0.3 is 10.6 Å². The first-order chi connectivity index (χ1) is 9.74. The number of anilines is 1. The predicted molar refractivity (Wildman–Crippen MR) is 85.4 cm³/mol. The molecule has 3 nitrogen and oxygen atoms in total. The number of likely N-dealkylation sites (N-methyl/N-ethyl adjacent to an activating group) is 1. The Kier molecular flexibility index (Phi) is 4.03. The quantitative estimate of drug-likeness (QED) is 0.939. The van der Waals surface area contributed by atoms with Crippen LogP contribution in [-0.4, -0.2) is 18.6 Å². The van der Waals surface area contributed by atoms with Crippen LogP contribution in [0.25, 0.3) is 0 Å². The van der Waals surface area contributed by atoms with Crippen molar-refractivity contribution in [2.75, 3.05) is 18.5 Å². The molecule has 4 heteroatoms. The molecule has 1 aromatic carbocycles. The fourth-order valence-electron chi connectivity index (χ4n) is 2.64. The van der Waals surface area contributed by atoms with Crippen LogP contribution in [-0.2, 0) is 12.8 Å². The third kappa shape index (κ3) is 2.86. The third-order valence-corrected chi connectivity index (χ3v) is 5.23. The van der Waals surface area contributed by atoms with Crippen LogP contribution in [0.3, 0.4) is 0 Å². The van der Waals surface area contributed by atoms with E-state index in [9.17, 15) is 0 Å². The fourth-order valence-corrected chi connectivity index (χ4v) is 3.77. The van der Waals surface area contributed by atoms with E-state index < -0.39 is 0 Å².